The summed E-state index contributed by atoms with van der Waals surface area (Å²) in [6, 6.07) is 8.63. The number of ether oxygens (including phenoxy) is 1. The molecule has 1 aliphatic rings. The summed E-state index contributed by atoms with van der Waals surface area (Å²) in [5.74, 6) is 0.895. The summed E-state index contributed by atoms with van der Waals surface area (Å²) in [5, 5.41) is 3.31. The van der Waals surface area contributed by atoms with Crippen LogP contribution < -0.4 is 5.32 Å². The van der Waals surface area contributed by atoms with Gasteiger partial charge in [0.15, 0.2) is 0 Å². The van der Waals surface area contributed by atoms with Crippen molar-refractivity contribution in [2.24, 2.45) is 0 Å². The fourth-order valence-electron chi connectivity index (χ4n) is 2.14. The monoisotopic (exact) mass is 279 g/mol. The van der Waals surface area contributed by atoms with Crippen molar-refractivity contribution in [3.05, 3.63) is 29.8 Å². The van der Waals surface area contributed by atoms with Crippen molar-refractivity contribution in [1.82, 2.24) is 5.32 Å². The molecule has 0 spiro atoms. The van der Waals surface area contributed by atoms with E-state index in [1.54, 1.807) is 0 Å². The lowest BCUT2D eigenvalue weighted by Crippen LogP contribution is -2.34. The van der Waals surface area contributed by atoms with Gasteiger partial charge in [0.25, 0.3) is 0 Å². The van der Waals surface area contributed by atoms with Crippen LogP contribution in [0.5, 0.6) is 0 Å². The van der Waals surface area contributed by atoms with Crippen LogP contribution in [0.2, 0.25) is 0 Å². The Labute approximate surface area is 119 Å². The summed E-state index contributed by atoms with van der Waals surface area (Å²) < 4.78 is 5.31. The average Bonchev–Trinajstić information content (AvgIpc) is 2.34. The molecule has 1 N–H and O–H groups in total. The van der Waals surface area contributed by atoms with Gasteiger partial charge in [0, 0.05) is 10.9 Å². The molecule has 0 radical (unpaired) electrons. The lowest BCUT2D eigenvalue weighted by Gasteiger charge is -2.26. The van der Waals surface area contributed by atoms with E-state index in [9.17, 15) is 4.79 Å². The molecule has 1 atom stereocenters. The van der Waals surface area contributed by atoms with Gasteiger partial charge in [-0.1, -0.05) is 18.2 Å². The van der Waals surface area contributed by atoms with Crippen LogP contribution in [0, 0.1) is 0 Å². The van der Waals surface area contributed by atoms with Crippen LogP contribution in [0.1, 0.15) is 38.8 Å². The second-order valence-electron chi connectivity index (χ2n) is 5.69. The molecule has 1 unspecified atom stereocenters. The van der Waals surface area contributed by atoms with Crippen molar-refractivity contribution in [1.29, 1.82) is 0 Å². The van der Waals surface area contributed by atoms with E-state index in [-0.39, 0.29) is 18.6 Å². The molecule has 0 saturated heterocycles. The SMILES string of the molecule is CC(C)(C)OC(=O)CNC1CCSc2ccccc21. The van der Waals surface area contributed by atoms with Gasteiger partial charge >= 0.3 is 5.97 Å². The molecule has 1 aromatic rings. The Hall–Kier alpha value is -1.00. The maximum absolute atomic E-state index is 11.7. The van der Waals surface area contributed by atoms with Crippen LogP contribution in [-0.2, 0) is 9.53 Å². The van der Waals surface area contributed by atoms with E-state index in [0.717, 1.165) is 12.2 Å². The van der Waals surface area contributed by atoms with Gasteiger partial charge in [-0.05, 0) is 44.6 Å². The quantitative estimate of drug-likeness (QED) is 0.863. The van der Waals surface area contributed by atoms with Gasteiger partial charge in [-0.25, -0.2) is 0 Å². The molecular weight excluding hydrogens is 258 g/mol. The molecule has 0 saturated carbocycles. The lowest BCUT2D eigenvalue weighted by molar-refractivity contribution is -0.153. The first-order valence-corrected chi connectivity index (χ1v) is 7.61. The zero-order valence-electron chi connectivity index (χ0n) is 11.7. The van der Waals surface area contributed by atoms with Crippen LogP contribution in [0.3, 0.4) is 0 Å². The molecule has 4 heteroatoms. The van der Waals surface area contributed by atoms with E-state index in [1.807, 2.05) is 38.6 Å². The highest BCUT2D eigenvalue weighted by molar-refractivity contribution is 7.99. The highest BCUT2D eigenvalue weighted by atomic mass is 32.2. The van der Waals surface area contributed by atoms with Crippen molar-refractivity contribution in [3.8, 4) is 0 Å². The number of hydrogen-bond acceptors (Lipinski definition) is 4. The van der Waals surface area contributed by atoms with Crippen LogP contribution in [-0.4, -0.2) is 23.9 Å². The Balaban J connectivity index is 1.93. The summed E-state index contributed by atoms with van der Waals surface area (Å²) in [6.45, 7) is 5.92. The van der Waals surface area contributed by atoms with E-state index < -0.39 is 5.60 Å². The second-order valence-corrected chi connectivity index (χ2v) is 6.83. The molecular formula is C15H21NO2S. The Kier molecular flexibility index (Phi) is 4.53. The number of hydrogen-bond donors (Lipinski definition) is 1. The first-order valence-electron chi connectivity index (χ1n) is 6.63. The number of carbonyl (C=O) groups is 1. The zero-order chi connectivity index (χ0) is 13.9. The van der Waals surface area contributed by atoms with Gasteiger partial charge in [0.2, 0.25) is 0 Å². The van der Waals surface area contributed by atoms with Gasteiger partial charge in [0.1, 0.15) is 5.60 Å². The Morgan fingerprint density at radius 3 is 2.89 bits per heavy atom. The summed E-state index contributed by atoms with van der Waals surface area (Å²) in [4.78, 5) is 13.0. The van der Waals surface area contributed by atoms with Crippen molar-refractivity contribution in [2.45, 2.75) is 43.7 Å². The molecule has 2 rings (SSSR count). The molecule has 1 aliphatic heterocycles. The number of nitrogens with one attached hydrogen (secondary N) is 1. The number of carbonyl (C=O) groups excluding carboxylic acids is 1. The molecule has 1 heterocycles. The van der Waals surface area contributed by atoms with E-state index in [4.69, 9.17) is 4.74 Å². The standard InChI is InChI=1S/C15H21NO2S/c1-15(2,3)18-14(17)10-16-12-8-9-19-13-7-5-4-6-11(12)13/h4-7,12,16H,8-10H2,1-3H3. The fraction of sp³-hybridized carbons (Fsp3) is 0.533. The van der Waals surface area contributed by atoms with Crippen LogP contribution in [0.15, 0.2) is 29.2 Å². The zero-order valence-corrected chi connectivity index (χ0v) is 12.5. The maximum atomic E-state index is 11.7. The molecule has 0 bridgehead atoms. The molecule has 0 aromatic heterocycles. The van der Waals surface area contributed by atoms with Crippen LogP contribution in [0.25, 0.3) is 0 Å². The molecule has 3 nitrogen and oxygen atoms in total. The normalized spacial score (nSPS) is 18.8. The first kappa shape index (κ1) is 14.4. The smallest absolute Gasteiger partial charge is 0.320 e. The van der Waals surface area contributed by atoms with E-state index in [1.165, 1.54) is 10.5 Å². The highest BCUT2D eigenvalue weighted by Gasteiger charge is 2.22. The second kappa shape index (κ2) is 5.97. The van der Waals surface area contributed by atoms with E-state index in [0.29, 0.717) is 0 Å². The van der Waals surface area contributed by atoms with Crippen molar-refractivity contribution in [2.75, 3.05) is 12.3 Å². The summed E-state index contributed by atoms with van der Waals surface area (Å²) in [5.41, 5.74) is 0.876. The van der Waals surface area contributed by atoms with Crippen molar-refractivity contribution >= 4 is 17.7 Å². The van der Waals surface area contributed by atoms with E-state index >= 15 is 0 Å². The molecule has 19 heavy (non-hydrogen) atoms. The third-order valence-corrected chi connectivity index (χ3v) is 3.99. The Morgan fingerprint density at radius 1 is 1.42 bits per heavy atom. The third-order valence-electron chi connectivity index (χ3n) is 2.87. The van der Waals surface area contributed by atoms with Gasteiger partial charge in [-0.2, -0.15) is 0 Å². The predicted molar refractivity (Wildman–Crippen MR) is 78.4 cm³/mol. The topological polar surface area (TPSA) is 38.3 Å². The highest BCUT2D eigenvalue weighted by Crippen LogP contribution is 2.35. The van der Waals surface area contributed by atoms with Gasteiger partial charge in [-0.3, -0.25) is 10.1 Å². The van der Waals surface area contributed by atoms with Gasteiger partial charge < -0.3 is 4.74 Å². The van der Waals surface area contributed by atoms with Crippen molar-refractivity contribution in [3.63, 3.8) is 0 Å². The Morgan fingerprint density at radius 2 is 2.16 bits per heavy atom. The summed E-state index contributed by atoms with van der Waals surface area (Å²) in [7, 11) is 0. The molecule has 0 aliphatic carbocycles. The number of fused-ring (bicyclic) bond motifs is 1. The number of thioether (sulfide) groups is 1. The summed E-state index contributed by atoms with van der Waals surface area (Å²) >= 11 is 1.88. The average molecular weight is 279 g/mol. The Bertz CT molecular complexity index is 454. The predicted octanol–water partition coefficient (Wildman–Crippen LogP) is 3.15. The minimum atomic E-state index is -0.418. The number of benzene rings is 1. The molecule has 104 valence electrons. The van der Waals surface area contributed by atoms with Crippen LogP contribution in [0.4, 0.5) is 0 Å². The minimum Gasteiger partial charge on any atom is -0.459 e. The fourth-order valence-corrected chi connectivity index (χ4v) is 3.26. The molecule has 1 aromatic carbocycles. The third kappa shape index (κ3) is 4.25. The lowest BCUT2D eigenvalue weighted by atomic mass is 10.0. The van der Waals surface area contributed by atoms with Gasteiger partial charge in [-0.15, -0.1) is 11.8 Å². The van der Waals surface area contributed by atoms with Crippen molar-refractivity contribution < 1.29 is 9.53 Å². The molecule has 0 fully saturated rings. The molecule has 0 amide bonds. The maximum Gasteiger partial charge on any atom is 0.320 e. The largest absolute Gasteiger partial charge is 0.459 e. The summed E-state index contributed by atoms with van der Waals surface area (Å²) in [6.07, 6.45) is 1.05. The number of esters is 1. The first-order chi connectivity index (χ1) is 8.96. The number of rotatable bonds is 3. The van der Waals surface area contributed by atoms with Crippen LogP contribution >= 0.6 is 11.8 Å². The van der Waals surface area contributed by atoms with Gasteiger partial charge in [0.05, 0.1) is 6.54 Å². The van der Waals surface area contributed by atoms with E-state index in [2.05, 4.69) is 23.5 Å². The minimum absolute atomic E-state index is 0.191.